The van der Waals surface area contributed by atoms with Crippen LogP contribution in [-0.2, 0) is 22.6 Å². The summed E-state index contributed by atoms with van der Waals surface area (Å²) in [5, 5.41) is 3.87. The second-order valence-corrected chi connectivity index (χ2v) is 10.9. The summed E-state index contributed by atoms with van der Waals surface area (Å²) >= 11 is 13.0. The molecule has 0 saturated carbocycles. The Kier molecular flexibility index (Phi) is 11.1. The third-order valence-corrected chi connectivity index (χ3v) is 6.96. The van der Waals surface area contributed by atoms with Gasteiger partial charge in [0.2, 0.25) is 5.91 Å². The van der Waals surface area contributed by atoms with Crippen LogP contribution in [-0.4, -0.2) is 35.9 Å². The second-order valence-electron chi connectivity index (χ2n) is 10.1. The van der Waals surface area contributed by atoms with Crippen molar-refractivity contribution in [1.29, 1.82) is 0 Å². The largest absolute Gasteiger partial charge is 0.484 e. The molecular weight excluding hydrogens is 519 g/mol. The Morgan fingerprint density at radius 2 is 1.50 bits per heavy atom. The lowest BCUT2D eigenvalue weighted by Crippen LogP contribution is -2.52. The molecule has 0 aliphatic carbocycles. The monoisotopic (exact) mass is 554 g/mol. The van der Waals surface area contributed by atoms with Crippen molar-refractivity contribution in [3.63, 3.8) is 0 Å². The average molecular weight is 556 g/mol. The van der Waals surface area contributed by atoms with Gasteiger partial charge in [0.05, 0.1) is 0 Å². The van der Waals surface area contributed by atoms with Crippen molar-refractivity contribution in [2.45, 2.75) is 52.6 Å². The van der Waals surface area contributed by atoms with Gasteiger partial charge in [-0.1, -0.05) is 99.4 Å². The first-order chi connectivity index (χ1) is 18.2. The number of halogens is 2. The van der Waals surface area contributed by atoms with Gasteiger partial charge in [-0.15, -0.1) is 0 Å². The first-order valence-corrected chi connectivity index (χ1v) is 13.7. The number of nitrogens with one attached hydrogen (secondary N) is 1. The molecule has 7 heteroatoms. The fourth-order valence-corrected chi connectivity index (χ4v) is 4.52. The van der Waals surface area contributed by atoms with E-state index in [0.29, 0.717) is 40.2 Å². The van der Waals surface area contributed by atoms with E-state index in [1.807, 2.05) is 68.4 Å². The standard InChI is InChI=1S/C31H36Cl2N2O3/c1-21(2)18-34-31(37)29(17-23-9-6-5-7-10-23)35(19-26-27(32)11-8-12-28(26)33)30(36)20-38-25-15-13-24(14-16-25)22(3)4/h5-16,21-22,29H,17-20H2,1-4H3,(H,34,37)/t29-/m0/s1. The maximum Gasteiger partial charge on any atom is 0.261 e. The van der Waals surface area contributed by atoms with Gasteiger partial charge in [0.15, 0.2) is 6.61 Å². The first-order valence-electron chi connectivity index (χ1n) is 12.9. The summed E-state index contributed by atoms with van der Waals surface area (Å²) < 4.78 is 5.87. The molecule has 1 atom stereocenters. The molecule has 5 nitrogen and oxygen atoms in total. The molecule has 3 aromatic carbocycles. The smallest absolute Gasteiger partial charge is 0.261 e. The van der Waals surface area contributed by atoms with Crippen LogP contribution in [0.2, 0.25) is 10.0 Å². The first kappa shape index (κ1) is 29.5. The number of rotatable bonds is 12. The van der Waals surface area contributed by atoms with E-state index in [0.717, 1.165) is 5.56 Å². The van der Waals surface area contributed by atoms with Crippen LogP contribution in [0.5, 0.6) is 5.75 Å². The van der Waals surface area contributed by atoms with Crippen LogP contribution >= 0.6 is 23.2 Å². The minimum absolute atomic E-state index is 0.0690. The lowest BCUT2D eigenvalue weighted by atomic mass is 10.0. The zero-order valence-electron chi connectivity index (χ0n) is 22.4. The van der Waals surface area contributed by atoms with Gasteiger partial charge in [-0.3, -0.25) is 9.59 Å². The summed E-state index contributed by atoms with van der Waals surface area (Å²) in [5.41, 5.74) is 2.70. The molecule has 0 aromatic heterocycles. The summed E-state index contributed by atoms with van der Waals surface area (Å²) in [5.74, 6) is 0.664. The highest BCUT2D eigenvalue weighted by Gasteiger charge is 2.31. The minimum atomic E-state index is -0.789. The molecule has 1 N–H and O–H groups in total. The molecular formula is C31H36Cl2N2O3. The quantitative estimate of drug-likeness (QED) is 0.264. The molecule has 0 bridgehead atoms. The van der Waals surface area contributed by atoms with E-state index in [1.165, 1.54) is 10.5 Å². The van der Waals surface area contributed by atoms with Gasteiger partial charge in [0.25, 0.3) is 5.91 Å². The predicted octanol–water partition coefficient (Wildman–Crippen LogP) is 6.91. The van der Waals surface area contributed by atoms with Gasteiger partial charge in [-0.05, 0) is 47.2 Å². The van der Waals surface area contributed by atoms with Crippen LogP contribution in [0.1, 0.15) is 50.3 Å². The molecule has 202 valence electrons. The van der Waals surface area contributed by atoms with E-state index in [-0.39, 0.29) is 30.9 Å². The Morgan fingerprint density at radius 1 is 0.868 bits per heavy atom. The van der Waals surface area contributed by atoms with Crippen molar-refractivity contribution < 1.29 is 14.3 Å². The van der Waals surface area contributed by atoms with E-state index in [2.05, 4.69) is 19.2 Å². The van der Waals surface area contributed by atoms with Crippen molar-refractivity contribution in [3.8, 4) is 5.75 Å². The molecule has 3 aromatic rings. The Morgan fingerprint density at radius 3 is 2.08 bits per heavy atom. The van der Waals surface area contributed by atoms with Crippen LogP contribution in [0.25, 0.3) is 0 Å². The maximum atomic E-state index is 13.7. The van der Waals surface area contributed by atoms with Gasteiger partial charge in [-0.2, -0.15) is 0 Å². The minimum Gasteiger partial charge on any atom is -0.484 e. The number of carbonyl (C=O) groups excluding carboxylic acids is 2. The number of ether oxygens (including phenoxy) is 1. The zero-order chi connectivity index (χ0) is 27.7. The van der Waals surface area contributed by atoms with Gasteiger partial charge in [0, 0.05) is 35.1 Å². The van der Waals surface area contributed by atoms with Crippen molar-refractivity contribution in [3.05, 3.63) is 99.5 Å². The van der Waals surface area contributed by atoms with E-state index in [4.69, 9.17) is 27.9 Å². The van der Waals surface area contributed by atoms with Crippen molar-refractivity contribution >= 4 is 35.0 Å². The molecule has 0 radical (unpaired) electrons. The molecule has 0 aliphatic rings. The van der Waals surface area contributed by atoms with Crippen LogP contribution in [0.15, 0.2) is 72.8 Å². The maximum absolute atomic E-state index is 13.7. The number of hydrogen-bond donors (Lipinski definition) is 1. The highest BCUT2D eigenvalue weighted by Crippen LogP contribution is 2.27. The normalized spacial score (nSPS) is 11.9. The van der Waals surface area contributed by atoms with Gasteiger partial charge < -0.3 is 15.0 Å². The summed E-state index contributed by atoms with van der Waals surface area (Å²) in [6.45, 7) is 8.63. The molecule has 0 saturated heterocycles. The van der Waals surface area contributed by atoms with E-state index >= 15 is 0 Å². The third kappa shape index (κ3) is 8.50. The Labute approximate surface area is 236 Å². The van der Waals surface area contributed by atoms with Crippen molar-refractivity contribution in [1.82, 2.24) is 10.2 Å². The van der Waals surface area contributed by atoms with Crippen LogP contribution in [0.3, 0.4) is 0 Å². The summed E-state index contributed by atoms with van der Waals surface area (Å²) in [4.78, 5) is 28.8. The fraction of sp³-hybridized carbons (Fsp3) is 0.355. The number of nitrogens with zero attached hydrogens (tertiary/aromatic N) is 1. The summed E-state index contributed by atoms with van der Waals surface area (Å²) in [6.07, 6.45) is 0.335. The molecule has 0 spiro atoms. The van der Waals surface area contributed by atoms with Crippen molar-refractivity contribution in [2.24, 2.45) is 5.92 Å². The lowest BCUT2D eigenvalue weighted by molar-refractivity contribution is -0.142. The molecule has 2 amide bonds. The molecule has 0 fully saturated rings. The van der Waals surface area contributed by atoms with Crippen LogP contribution < -0.4 is 10.1 Å². The number of hydrogen-bond acceptors (Lipinski definition) is 3. The Hall–Kier alpha value is -3.02. The highest BCUT2D eigenvalue weighted by molar-refractivity contribution is 6.36. The predicted molar refractivity (Wildman–Crippen MR) is 155 cm³/mol. The number of carbonyl (C=O) groups is 2. The lowest BCUT2D eigenvalue weighted by Gasteiger charge is -2.32. The van der Waals surface area contributed by atoms with Gasteiger partial charge in [-0.25, -0.2) is 0 Å². The third-order valence-electron chi connectivity index (χ3n) is 6.25. The second kappa shape index (κ2) is 14.2. The molecule has 0 aliphatic heterocycles. The highest BCUT2D eigenvalue weighted by atomic mass is 35.5. The molecule has 0 unspecified atom stereocenters. The van der Waals surface area contributed by atoms with Gasteiger partial charge >= 0.3 is 0 Å². The molecule has 0 heterocycles. The van der Waals surface area contributed by atoms with Gasteiger partial charge in [0.1, 0.15) is 11.8 Å². The number of benzene rings is 3. The zero-order valence-corrected chi connectivity index (χ0v) is 23.9. The Balaban J connectivity index is 1.92. The number of amides is 2. The molecule has 38 heavy (non-hydrogen) atoms. The molecule has 3 rings (SSSR count). The van der Waals surface area contributed by atoms with Crippen LogP contribution in [0.4, 0.5) is 0 Å². The van der Waals surface area contributed by atoms with Crippen LogP contribution in [0, 0.1) is 5.92 Å². The Bertz CT molecular complexity index is 1180. The van der Waals surface area contributed by atoms with E-state index in [9.17, 15) is 9.59 Å². The van der Waals surface area contributed by atoms with E-state index < -0.39 is 6.04 Å². The summed E-state index contributed by atoms with van der Waals surface area (Å²) in [6, 6.07) is 21.7. The average Bonchev–Trinajstić information content (AvgIpc) is 2.90. The topological polar surface area (TPSA) is 58.6 Å². The van der Waals surface area contributed by atoms with E-state index in [1.54, 1.807) is 18.2 Å². The van der Waals surface area contributed by atoms with Crippen molar-refractivity contribution in [2.75, 3.05) is 13.2 Å². The summed E-state index contributed by atoms with van der Waals surface area (Å²) in [7, 11) is 0. The fourth-order valence-electron chi connectivity index (χ4n) is 4.01. The SMILES string of the molecule is CC(C)CNC(=O)[C@H](Cc1ccccc1)N(Cc1c(Cl)cccc1Cl)C(=O)COc1ccc(C(C)C)cc1.